The second-order valence-electron chi connectivity index (χ2n) is 4.59. The van der Waals surface area contributed by atoms with Crippen molar-refractivity contribution in [1.29, 1.82) is 0 Å². The molecule has 1 atom stereocenters. The van der Waals surface area contributed by atoms with Crippen LogP contribution in [0.1, 0.15) is 19.3 Å². The fourth-order valence-corrected chi connectivity index (χ4v) is 2.59. The van der Waals surface area contributed by atoms with Crippen LogP contribution < -0.4 is 5.32 Å². The first-order valence-corrected chi connectivity index (χ1v) is 6.21. The van der Waals surface area contributed by atoms with Crippen molar-refractivity contribution in [2.24, 2.45) is 0 Å². The van der Waals surface area contributed by atoms with Gasteiger partial charge in [0.15, 0.2) is 0 Å². The zero-order chi connectivity index (χ0) is 10.5. The van der Waals surface area contributed by atoms with Gasteiger partial charge in [0, 0.05) is 32.7 Å². The average molecular weight is 209 g/mol. The predicted molar refractivity (Wildman–Crippen MR) is 63.9 cm³/mol. The molecule has 1 unspecified atom stereocenters. The van der Waals surface area contributed by atoms with Gasteiger partial charge in [-0.1, -0.05) is 6.08 Å². The number of hydrogen-bond acceptors (Lipinski definition) is 3. The topological polar surface area (TPSA) is 18.5 Å². The highest BCUT2D eigenvalue weighted by Gasteiger charge is 2.23. The van der Waals surface area contributed by atoms with E-state index in [4.69, 9.17) is 0 Å². The summed E-state index contributed by atoms with van der Waals surface area (Å²) in [5.74, 6) is 0. The van der Waals surface area contributed by atoms with Gasteiger partial charge in [0.1, 0.15) is 0 Å². The zero-order valence-corrected chi connectivity index (χ0v) is 9.62. The number of rotatable bonds is 3. The smallest absolute Gasteiger partial charge is 0.0597 e. The summed E-state index contributed by atoms with van der Waals surface area (Å²) in [7, 11) is 0. The molecule has 2 aliphatic rings. The molecule has 2 rings (SSSR count). The van der Waals surface area contributed by atoms with Gasteiger partial charge < -0.3 is 5.32 Å². The normalized spacial score (nSPS) is 30.3. The Morgan fingerprint density at radius 1 is 1.20 bits per heavy atom. The van der Waals surface area contributed by atoms with Crippen LogP contribution in [0.5, 0.6) is 0 Å². The van der Waals surface area contributed by atoms with E-state index >= 15 is 0 Å². The quantitative estimate of drug-likeness (QED) is 0.696. The van der Waals surface area contributed by atoms with Crippen LogP contribution in [0.25, 0.3) is 0 Å². The largest absolute Gasteiger partial charge is 0.302 e. The Labute approximate surface area is 93.1 Å². The molecular weight excluding hydrogens is 186 g/mol. The van der Waals surface area contributed by atoms with Crippen molar-refractivity contribution >= 4 is 0 Å². The van der Waals surface area contributed by atoms with E-state index in [1.54, 1.807) is 0 Å². The maximum absolute atomic E-state index is 3.80. The van der Waals surface area contributed by atoms with Gasteiger partial charge in [-0.3, -0.25) is 9.80 Å². The van der Waals surface area contributed by atoms with Crippen LogP contribution in [-0.2, 0) is 0 Å². The van der Waals surface area contributed by atoms with Gasteiger partial charge in [0.25, 0.3) is 0 Å². The Kier molecular flexibility index (Phi) is 4.18. The molecule has 0 bridgehead atoms. The highest BCUT2D eigenvalue weighted by atomic mass is 15.3. The second-order valence-corrected chi connectivity index (χ2v) is 4.59. The summed E-state index contributed by atoms with van der Waals surface area (Å²) in [4.78, 5) is 5.09. The van der Waals surface area contributed by atoms with Crippen molar-refractivity contribution in [2.45, 2.75) is 25.4 Å². The van der Waals surface area contributed by atoms with Crippen molar-refractivity contribution in [3.05, 3.63) is 12.7 Å². The molecule has 86 valence electrons. The third kappa shape index (κ3) is 3.03. The second kappa shape index (κ2) is 5.64. The molecule has 3 nitrogen and oxygen atoms in total. The van der Waals surface area contributed by atoms with Gasteiger partial charge in [-0.05, 0) is 25.8 Å². The molecule has 2 heterocycles. The highest BCUT2D eigenvalue weighted by Crippen LogP contribution is 2.13. The fourth-order valence-electron chi connectivity index (χ4n) is 2.59. The third-order valence-corrected chi connectivity index (χ3v) is 3.52. The van der Waals surface area contributed by atoms with Gasteiger partial charge in [-0.25, -0.2) is 0 Å². The van der Waals surface area contributed by atoms with E-state index in [9.17, 15) is 0 Å². The molecule has 2 saturated heterocycles. The Morgan fingerprint density at radius 2 is 2.00 bits per heavy atom. The van der Waals surface area contributed by atoms with Crippen LogP contribution in [-0.4, -0.2) is 55.2 Å². The van der Waals surface area contributed by atoms with Crippen molar-refractivity contribution in [1.82, 2.24) is 15.1 Å². The van der Waals surface area contributed by atoms with Gasteiger partial charge >= 0.3 is 0 Å². The number of piperidine rings is 1. The minimum Gasteiger partial charge on any atom is -0.302 e. The van der Waals surface area contributed by atoms with Crippen LogP contribution in [0.4, 0.5) is 0 Å². The summed E-state index contributed by atoms with van der Waals surface area (Å²) in [5.41, 5.74) is 0. The van der Waals surface area contributed by atoms with Gasteiger partial charge in [-0.15, -0.1) is 6.58 Å². The third-order valence-electron chi connectivity index (χ3n) is 3.52. The molecular formula is C12H23N3. The molecule has 2 fully saturated rings. The number of nitrogens with zero attached hydrogens (tertiary/aromatic N) is 2. The molecule has 0 aromatic rings. The molecule has 0 amide bonds. The first-order valence-electron chi connectivity index (χ1n) is 6.21. The van der Waals surface area contributed by atoms with Crippen LogP contribution in [0.15, 0.2) is 12.7 Å². The molecule has 2 aliphatic heterocycles. The molecule has 15 heavy (non-hydrogen) atoms. The standard InChI is InChI=1S/C12H23N3/c1-2-7-14-8-10-15(11-9-14)12-5-3-4-6-13-12/h2,12-13H,1,3-11H2. The van der Waals surface area contributed by atoms with Crippen LogP contribution in [0.3, 0.4) is 0 Å². The van der Waals surface area contributed by atoms with Crippen molar-refractivity contribution < 1.29 is 0 Å². The van der Waals surface area contributed by atoms with Crippen LogP contribution in [0, 0.1) is 0 Å². The Hall–Kier alpha value is -0.380. The van der Waals surface area contributed by atoms with E-state index in [2.05, 4.69) is 21.7 Å². The van der Waals surface area contributed by atoms with Crippen molar-refractivity contribution in [3.8, 4) is 0 Å². The Balaban J connectivity index is 1.74. The van der Waals surface area contributed by atoms with Gasteiger partial charge in [-0.2, -0.15) is 0 Å². The Bertz CT molecular complexity index is 191. The first kappa shape index (κ1) is 11.1. The molecule has 0 radical (unpaired) electrons. The van der Waals surface area contributed by atoms with E-state index in [0.29, 0.717) is 6.17 Å². The SMILES string of the molecule is C=CCN1CCN(C2CCCCN2)CC1. The van der Waals surface area contributed by atoms with E-state index in [0.717, 1.165) is 6.54 Å². The fraction of sp³-hybridized carbons (Fsp3) is 0.833. The maximum Gasteiger partial charge on any atom is 0.0597 e. The lowest BCUT2D eigenvalue weighted by Crippen LogP contribution is -2.55. The van der Waals surface area contributed by atoms with E-state index in [1.807, 2.05) is 6.08 Å². The van der Waals surface area contributed by atoms with Crippen molar-refractivity contribution in [2.75, 3.05) is 39.3 Å². The lowest BCUT2D eigenvalue weighted by atomic mass is 10.1. The van der Waals surface area contributed by atoms with Gasteiger partial charge in [0.05, 0.1) is 6.17 Å². The van der Waals surface area contributed by atoms with Crippen LogP contribution >= 0.6 is 0 Å². The zero-order valence-electron chi connectivity index (χ0n) is 9.62. The number of hydrogen-bond donors (Lipinski definition) is 1. The average Bonchev–Trinajstić information content (AvgIpc) is 2.32. The molecule has 0 saturated carbocycles. The monoisotopic (exact) mass is 209 g/mol. The summed E-state index contributed by atoms with van der Waals surface area (Å²) in [6.45, 7) is 10.9. The lowest BCUT2D eigenvalue weighted by Gasteiger charge is -2.40. The molecule has 0 spiro atoms. The van der Waals surface area contributed by atoms with E-state index in [-0.39, 0.29) is 0 Å². The summed E-state index contributed by atoms with van der Waals surface area (Å²) in [6, 6.07) is 0. The minimum absolute atomic E-state index is 0.657. The summed E-state index contributed by atoms with van der Waals surface area (Å²) in [6.07, 6.45) is 6.75. The minimum atomic E-state index is 0.657. The summed E-state index contributed by atoms with van der Waals surface area (Å²) < 4.78 is 0. The lowest BCUT2D eigenvalue weighted by molar-refractivity contribution is 0.0735. The number of piperazine rings is 1. The van der Waals surface area contributed by atoms with Crippen LogP contribution in [0.2, 0.25) is 0 Å². The van der Waals surface area contributed by atoms with E-state index < -0.39 is 0 Å². The predicted octanol–water partition coefficient (Wildman–Crippen LogP) is 0.890. The summed E-state index contributed by atoms with van der Waals surface area (Å²) >= 11 is 0. The molecule has 0 aromatic heterocycles. The first-order chi connectivity index (χ1) is 7.40. The molecule has 1 N–H and O–H groups in total. The number of nitrogens with one attached hydrogen (secondary N) is 1. The molecule has 0 aromatic carbocycles. The highest BCUT2D eigenvalue weighted by molar-refractivity contribution is 4.82. The molecule has 0 aliphatic carbocycles. The summed E-state index contributed by atoms with van der Waals surface area (Å²) in [5, 5.41) is 3.62. The maximum atomic E-state index is 3.80. The molecule has 3 heteroatoms. The Morgan fingerprint density at radius 3 is 2.60 bits per heavy atom. The van der Waals surface area contributed by atoms with Crippen molar-refractivity contribution in [3.63, 3.8) is 0 Å². The van der Waals surface area contributed by atoms with E-state index in [1.165, 1.54) is 52.0 Å². The van der Waals surface area contributed by atoms with Gasteiger partial charge in [0.2, 0.25) is 0 Å².